The van der Waals surface area contributed by atoms with E-state index in [0.29, 0.717) is 0 Å². The summed E-state index contributed by atoms with van der Waals surface area (Å²) in [7, 11) is 5.21. The number of rotatable bonds is 7. The number of methoxy groups -OCH3 is 2. The molecule has 1 atom stereocenters. The van der Waals surface area contributed by atoms with Gasteiger partial charge in [0, 0.05) is 6.04 Å². The summed E-state index contributed by atoms with van der Waals surface area (Å²) in [6, 6.07) is 5.88. The van der Waals surface area contributed by atoms with Crippen LogP contribution in [0.4, 0.5) is 0 Å². The summed E-state index contributed by atoms with van der Waals surface area (Å²) in [6.45, 7) is 0.987. The molecule has 1 aromatic carbocycles. The lowest BCUT2D eigenvalue weighted by atomic mass is 10.0. The average Bonchev–Trinajstić information content (AvgIpc) is 2.38. The first kappa shape index (κ1) is 13.9. The molecule has 0 heterocycles. The second kappa shape index (κ2) is 7.19. The Morgan fingerprint density at radius 1 is 1.29 bits per heavy atom. The summed E-state index contributed by atoms with van der Waals surface area (Å²) in [5, 5.41) is 3.12. The van der Waals surface area contributed by atoms with Crippen LogP contribution in [0.15, 0.2) is 18.2 Å². The highest BCUT2D eigenvalue weighted by Crippen LogP contribution is 2.30. The van der Waals surface area contributed by atoms with E-state index in [1.165, 1.54) is 0 Å². The standard InChI is InChI=1S/C12H21BN2O2/c1-16-11-6-5-9(8-12(11)17-2)10(14)4-3-7-15-13/h5-6,8,10,15H,3-4,7,13-14H2,1-2H3/t10-/m1/s1. The van der Waals surface area contributed by atoms with Crippen LogP contribution in [-0.4, -0.2) is 28.7 Å². The predicted molar refractivity (Wildman–Crippen MR) is 72.3 cm³/mol. The van der Waals surface area contributed by atoms with Crippen molar-refractivity contribution >= 4 is 7.98 Å². The van der Waals surface area contributed by atoms with Crippen LogP contribution < -0.4 is 20.4 Å². The molecule has 0 saturated carbocycles. The van der Waals surface area contributed by atoms with Crippen molar-refractivity contribution in [1.29, 1.82) is 0 Å². The smallest absolute Gasteiger partial charge is 0.181 e. The highest BCUT2D eigenvalue weighted by molar-refractivity contribution is 6.04. The van der Waals surface area contributed by atoms with Gasteiger partial charge < -0.3 is 20.4 Å². The molecule has 0 fully saturated rings. The molecule has 0 bridgehead atoms. The first-order valence-corrected chi connectivity index (χ1v) is 5.85. The van der Waals surface area contributed by atoms with Crippen molar-refractivity contribution < 1.29 is 9.47 Å². The van der Waals surface area contributed by atoms with Crippen LogP contribution in [0.3, 0.4) is 0 Å². The summed E-state index contributed by atoms with van der Waals surface area (Å²) in [6.07, 6.45) is 2.02. The van der Waals surface area contributed by atoms with Crippen molar-refractivity contribution in [3.8, 4) is 11.5 Å². The summed E-state index contributed by atoms with van der Waals surface area (Å²) in [4.78, 5) is 0. The Labute approximate surface area is 104 Å². The third kappa shape index (κ3) is 3.95. The number of benzene rings is 1. The Hall–Kier alpha value is -1.20. The number of nitrogens with two attached hydrogens (primary N) is 1. The van der Waals surface area contributed by atoms with Crippen molar-refractivity contribution in [2.45, 2.75) is 18.9 Å². The first-order valence-electron chi connectivity index (χ1n) is 5.85. The van der Waals surface area contributed by atoms with Gasteiger partial charge >= 0.3 is 0 Å². The fourth-order valence-electron chi connectivity index (χ4n) is 1.75. The van der Waals surface area contributed by atoms with E-state index in [-0.39, 0.29) is 6.04 Å². The van der Waals surface area contributed by atoms with Gasteiger partial charge in [0.2, 0.25) is 0 Å². The van der Waals surface area contributed by atoms with E-state index >= 15 is 0 Å². The monoisotopic (exact) mass is 236 g/mol. The molecule has 0 spiro atoms. The minimum Gasteiger partial charge on any atom is -0.493 e. The van der Waals surface area contributed by atoms with Gasteiger partial charge in [0.15, 0.2) is 19.5 Å². The lowest BCUT2D eigenvalue weighted by molar-refractivity contribution is 0.354. The van der Waals surface area contributed by atoms with Gasteiger partial charge in [0.25, 0.3) is 0 Å². The third-order valence-electron chi connectivity index (χ3n) is 2.78. The van der Waals surface area contributed by atoms with Crippen molar-refractivity contribution in [1.82, 2.24) is 5.23 Å². The summed E-state index contributed by atoms with van der Waals surface area (Å²) in [5.74, 6) is 1.47. The maximum Gasteiger partial charge on any atom is 0.181 e. The van der Waals surface area contributed by atoms with E-state index in [4.69, 9.17) is 15.2 Å². The second-order valence-electron chi connectivity index (χ2n) is 3.97. The minimum absolute atomic E-state index is 0.0446. The molecule has 0 aliphatic carbocycles. The maximum atomic E-state index is 6.13. The van der Waals surface area contributed by atoms with Gasteiger partial charge in [0.05, 0.1) is 14.2 Å². The fourth-order valence-corrected chi connectivity index (χ4v) is 1.75. The maximum absolute atomic E-state index is 6.13. The molecule has 94 valence electrons. The van der Waals surface area contributed by atoms with E-state index in [1.807, 2.05) is 26.2 Å². The van der Waals surface area contributed by atoms with Gasteiger partial charge in [-0.3, -0.25) is 0 Å². The van der Waals surface area contributed by atoms with E-state index in [0.717, 1.165) is 36.4 Å². The zero-order valence-corrected chi connectivity index (χ0v) is 10.8. The number of hydrogen-bond acceptors (Lipinski definition) is 4. The second-order valence-corrected chi connectivity index (χ2v) is 3.97. The topological polar surface area (TPSA) is 56.5 Å². The van der Waals surface area contributed by atoms with Gasteiger partial charge in [-0.1, -0.05) is 6.07 Å². The summed E-state index contributed by atoms with van der Waals surface area (Å²) < 4.78 is 10.5. The van der Waals surface area contributed by atoms with E-state index in [1.54, 1.807) is 14.2 Å². The van der Waals surface area contributed by atoms with Crippen molar-refractivity contribution in [3.05, 3.63) is 23.8 Å². The zero-order chi connectivity index (χ0) is 12.7. The molecule has 0 aliphatic heterocycles. The van der Waals surface area contributed by atoms with E-state index in [9.17, 15) is 0 Å². The van der Waals surface area contributed by atoms with Crippen LogP contribution in [0, 0.1) is 0 Å². The van der Waals surface area contributed by atoms with Gasteiger partial charge in [-0.15, -0.1) is 0 Å². The largest absolute Gasteiger partial charge is 0.493 e. The van der Waals surface area contributed by atoms with Gasteiger partial charge in [-0.2, -0.15) is 0 Å². The van der Waals surface area contributed by atoms with Crippen LogP contribution in [0.25, 0.3) is 0 Å². The molecule has 0 aliphatic rings. The Kier molecular flexibility index (Phi) is 5.87. The molecular weight excluding hydrogens is 215 g/mol. The minimum atomic E-state index is 0.0446. The van der Waals surface area contributed by atoms with Crippen LogP contribution in [-0.2, 0) is 0 Å². The van der Waals surface area contributed by atoms with Crippen LogP contribution in [0.1, 0.15) is 24.4 Å². The highest BCUT2D eigenvalue weighted by atomic mass is 16.5. The van der Waals surface area contributed by atoms with Crippen LogP contribution in [0.5, 0.6) is 11.5 Å². The van der Waals surface area contributed by atoms with E-state index < -0.39 is 0 Å². The van der Waals surface area contributed by atoms with Crippen molar-refractivity contribution in [2.75, 3.05) is 20.8 Å². The van der Waals surface area contributed by atoms with Crippen LogP contribution in [0.2, 0.25) is 0 Å². The van der Waals surface area contributed by atoms with Crippen LogP contribution >= 0.6 is 0 Å². The number of hydrogen-bond donors (Lipinski definition) is 2. The third-order valence-corrected chi connectivity index (χ3v) is 2.78. The molecule has 0 unspecified atom stereocenters. The first-order chi connectivity index (χ1) is 8.22. The highest BCUT2D eigenvalue weighted by Gasteiger charge is 2.10. The Balaban J connectivity index is 2.70. The molecule has 1 rings (SSSR count). The fraction of sp³-hybridized carbons (Fsp3) is 0.500. The molecule has 0 amide bonds. The van der Waals surface area contributed by atoms with E-state index in [2.05, 4.69) is 5.23 Å². The molecule has 17 heavy (non-hydrogen) atoms. The van der Waals surface area contributed by atoms with Gasteiger partial charge in [-0.05, 0) is 37.1 Å². The molecule has 0 saturated heterocycles. The molecule has 3 N–H and O–H groups in total. The Morgan fingerprint density at radius 2 is 2.00 bits per heavy atom. The Bertz CT molecular complexity index is 347. The molecule has 0 aromatic heterocycles. The van der Waals surface area contributed by atoms with Crippen molar-refractivity contribution in [2.24, 2.45) is 5.73 Å². The number of ether oxygens (including phenoxy) is 2. The lowest BCUT2D eigenvalue weighted by Gasteiger charge is -2.14. The lowest BCUT2D eigenvalue weighted by Crippen LogP contribution is -2.15. The quantitative estimate of drug-likeness (QED) is 0.538. The summed E-state index contributed by atoms with van der Waals surface area (Å²) in [5.41, 5.74) is 7.21. The zero-order valence-electron chi connectivity index (χ0n) is 10.8. The SMILES string of the molecule is BNCCC[C@@H](N)c1ccc(OC)c(OC)c1. The van der Waals surface area contributed by atoms with Crippen molar-refractivity contribution in [3.63, 3.8) is 0 Å². The average molecular weight is 236 g/mol. The molecule has 1 aromatic rings. The normalized spacial score (nSPS) is 12.2. The number of nitrogens with one attached hydrogen (secondary N) is 1. The Morgan fingerprint density at radius 3 is 2.59 bits per heavy atom. The summed E-state index contributed by atoms with van der Waals surface area (Å²) >= 11 is 0. The van der Waals surface area contributed by atoms with Gasteiger partial charge in [-0.25, -0.2) is 0 Å². The molecular formula is C12H21BN2O2. The predicted octanol–water partition coefficient (Wildman–Crippen LogP) is 0.621. The molecule has 4 nitrogen and oxygen atoms in total. The molecule has 5 heteroatoms. The molecule has 0 radical (unpaired) electrons. The van der Waals surface area contributed by atoms with Gasteiger partial charge in [0.1, 0.15) is 0 Å².